The van der Waals surface area contributed by atoms with Crippen molar-refractivity contribution in [3.63, 3.8) is 0 Å². The van der Waals surface area contributed by atoms with E-state index in [9.17, 15) is 9.90 Å². The lowest BCUT2D eigenvalue weighted by Gasteiger charge is -2.42. The van der Waals surface area contributed by atoms with Crippen LogP contribution in [0, 0.1) is 0 Å². The van der Waals surface area contributed by atoms with Gasteiger partial charge in [0.1, 0.15) is 17.2 Å². The molecule has 1 aliphatic heterocycles. The Morgan fingerprint density at radius 3 is 1.82 bits per heavy atom. The van der Waals surface area contributed by atoms with Crippen molar-refractivity contribution in [3.05, 3.63) is 123 Å². The van der Waals surface area contributed by atoms with Crippen LogP contribution in [0.25, 0.3) is 0 Å². The molecule has 0 bridgehead atoms. The Morgan fingerprint density at radius 2 is 1.31 bits per heavy atom. The smallest absolute Gasteiger partial charge is 0.407 e. The van der Waals surface area contributed by atoms with Crippen LogP contribution < -0.4 is 14.2 Å². The molecule has 5 rings (SSSR count). The van der Waals surface area contributed by atoms with Gasteiger partial charge in [0.2, 0.25) is 0 Å². The third-order valence-electron chi connectivity index (χ3n) is 8.31. The molecular weight excluding hydrogens is 669 g/mol. The van der Waals surface area contributed by atoms with E-state index in [2.05, 4.69) is 0 Å². The van der Waals surface area contributed by atoms with Gasteiger partial charge in [-0.3, -0.25) is 0 Å². The molecule has 0 aliphatic carbocycles. The van der Waals surface area contributed by atoms with Gasteiger partial charge in [-0.25, -0.2) is 4.79 Å². The molecule has 1 amide bonds. The van der Waals surface area contributed by atoms with Gasteiger partial charge in [0.05, 0.1) is 82.6 Å². The summed E-state index contributed by atoms with van der Waals surface area (Å²) >= 11 is 12.7. The van der Waals surface area contributed by atoms with Crippen molar-refractivity contribution >= 4 is 29.3 Å². The number of halogens is 2. The van der Waals surface area contributed by atoms with Crippen LogP contribution in [0.2, 0.25) is 10.0 Å². The molecule has 0 saturated carbocycles. The molecule has 0 spiro atoms. The number of hydrogen-bond acceptors (Lipinski definition) is 7. The highest BCUT2D eigenvalue weighted by molar-refractivity contribution is 6.32. The van der Waals surface area contributed by atoms with Crippen LogP contribution in [0.4, 0.5) is 4.79 Å². The van der Waals surface area contributed by atoms with Gasteiger partial charge < -0.3 is 38.4 Å². The monoisotopic (exact) mass is 709 g/mol. The summed E-state index contributed by atoms with van der Waals surface area (Å²) in [6.07, 6.45) is -1.34. The lowest BCUT2D eigenvalue weighted by molar-refractivity contribution is -0.0937. The molecule has 9 nitrogen and oxygen atoms in total. The average Bonchev–Trinajstić information content (AvgIpc) is 3.12. The first-order valence-electron chi connectivity index (χ1n) is 16.0. The molecule has 0 aromatic heterocycles. The fourth-order valence-corrected chi connectivity index (χ4v) is 6.34. The Morgan fingerprint density at radius 1 is 0.735 bits per heavy atom. The van der Waals surface area contributed by atoms with Gasteiger partial charge in [0.15, 0.2) is 0 Å². The number of carboxylic acid groups (broad SMARTS) is 1. The van der Waals surface area contributed by atoms with Crippen molar-refractivity contribution in [2.75, 3.05) is 40.5 Å². The summed E-state index contributed by atoms with van der Waals surface area (Å²) in [6.45, 7) is 2.43. The van der Waals surface area contributed by atoms with Crippen molar-refractivity contribution in [1.82, 2.24) is 4.90 Å². The topological polar surface area (TPSA) is 95.9 Å². The SMILES string of the molecule is COc1ccc(CO[C@H]2CN(C(=O)O)C[C@@H](OCc3ccc(OC)c(Cl)c3)[C@H]2c2ccc(OCCCOCc3ccccc3)cc2)cc1Cl. The van der Waals surface area contributed by atoms with Crippen molar-refractivity contribution in [2.45, 2.75) is 44.4 Å². The zero-order valence-electron chi connectivity index (χ0n) is 27.6. The zero-order valence-corrected chi connectivity index (χ0v) is 29.1. The van der Waals surface area contributed by atoms with Crippen molar-refractivity contribution in [3.8, 4) is 17.2 Å². The highest BCUT2D eigenvalue weighted by atomic mass is 35.5. The van der Waals surface area contributed by atoms with Gasteiger partial charge in [-0.1, -0.05) is 77.8 Å². The maximum absolute atomic E-state index is 12.3. The molecule has 1 N–H and O–H groups in total. The van der Waals surface area contributed by atoms with E-state index >= 15 is 0 Å². The normalized spacial score (nSPS) is 17.5. The summed E-state index contributed by atoms with van der Waals surface area (Å²) in [5, 5.41) is 11.0. The molecule has 1 fully saturated rings. The van der Waals surface area contributed by atoms with E-state index in [1.54, 1.807) is 38.5 Å². The van der Waals surface area contributed by atoms with Crippen molar-refractivity contribution < 1.29 is 38.3 Å². The molecule has 1 aliphatic rings. The lowest BCUT2D eigenvalue weighted by Crippen LogP contribution is -2.54. The van der Waals surface area contributed by atoms with E-state index in [0.29, 0.717) is 41.4 Å². The number of methoxy groups -OCH3 is 2. The third-order valence-corrected chi connectivity index (χ3v) is 8.90. The van der Waals surface area contributed by atoms with Gasteiger partial charge >= 0.3 is 6.09 Å². The van der Waals surface area contributed by atoms with Crippen LogP contribution in [-0.4, -0.2) is 68.8 Å². The second-order valence-electron chi connectivity index (χ2n) is 11.7. The van der Waals surface area contributed by atoms with E-state index < -0.39 is 18.3 Å². The van der Waals surface area contributed by atoms with E-state index in [-0.39, 0.29) is 32.2 Å². The largest absolute Gasteiger partial charge is 0.495 e. The van der Waals surface area contributed by atoms with Gasteiger partial charge in [0.25, 0.3) is 0 Å². The highest BCUT2D eigenvalue weighted by Gasteiger charge is 2.41. The first-order valence-corrected chi connectivity index (χ1v) is 16.8. The molecule has 1 saturated heterocycles. The Kier molecular flexibility index (Phi) is 13.4. The number of rotatable bonds is 16. The summed E-state index contributed by atoms with van der Waals surface area (Å²) < 4.78 is 35.3. The van der Waals surface area contributed by atoms with Crippen LogP contribution in [0.15, 0.2) is 91.0 Å². The van der Waals surface area contributed by atoms with E-state index in [0.717, 1.165) is 34.4 Å². The number of ether oxygens (including phenoxy) is 6. The number of hydrogen-bond donors (Lipinski definition) is 1. The third kappa shape index (κ3) is 10.3. The minimum atomic E-state index is -1.04. The predicted molar refractivity (Wildman–Crippen MR) is 188 cm³/mol. The first kappa shape index (κ1) is 36.3. The molecule has 3 atom stereocenters. The summed E-state index contributed by atoms with van der Waals surface area (Å²) in [5.74, 6) is 1.56. The minimum absolute atomic E-state index is 0.166. The molecule has 0 radical (unpaired) electrons. The maximum atomic E-state index is 12.3. The Bertz CT molecular complexity index is 1570. The fraction of sp³-hybridized carbons (Fsp3) is 0.342. The number of piperidine rings is 1. The van der Waals surface area contributed by atoms with Crippen LogP contribution in [0.3, 0.4) is 0 Å². The van der Waals surface area contributed by atoms with E-state index in [4.69, 9.17) is 51.6 Å². The maximum Gasteiger partial charge on any atom is 0.407 e. The van der Waals surface area contributed by atoms with Gasteiger partial charge in [-0.2, -0.15) is 0 Å². The molecule has 4 aromatic rings. The van der Waals surface area contributed by atoms with Crippen LogP contribution >= 0.6 is 23.2 Å². The van der Waals surface area contributed by atoms with Gasteiger partial charge in [0, 0.05) is 12.3 Å². The van der Waals surface area contributed by atoms with E-state index in [1.807, 2.05) is 66.7 Å². The zero-order chi connectivity index (χ0) is 34.6. The number of carbonyl (C=O) groups is 1. The fourth-order valence-electron chi connectivity index (χ4n) is 5.78. The molecule has 0 unspecified atom stereocenters. The predicted octanol–water partition coefficient (Wildman–Crippen LogP) is 8.24. The average molecular weight is 711 g/mol. The number of nitrogens with zero attached hydrogens (tertiary/aromatic N) is 1. The number of benzene rings is 4. The summed E-state index contributed by atoms with van der Waals surface area (Å²) in [4.78, 5) is 13.6. The Balaban J connectivity index is 1.29. The molecule has 1 heterocycles. The van der Waals surface area contributed by atoms with E-state index in [1.165, 1.54) is 4.90 Å². The summed E-state index contributed by atoms with van der Waals surface area (Å²) in [6, 6.07) is 28.8. The van der Waals surface area contributed by atoms with Crippen LogP contribution in [-0.2, 0) is 34.0 Å². The molecule has 49 heavy (non-hydrogen) atoms. The number of likely N-dealkylation sites (tertiary alicyclic amines) is 1. The molecular formula is C38H41Cl2NO8. The Labute approximate surface area is 297 Å². The van der Waals surface area contributed by atoms with Crippen LogP contribution in [0.5, 0.6) is 17.2 Å². The van der Waals surface area contributed by atoms with Crippen LogP contribution in [0.1, 0.15) is 34.6 Å². The summed E-state index contributed by atoms with van der Waals surface area (Å²) in [5.41, 5.74) is 3.75. The Hall–Kier alpha value is -3.99. The second-order valence-corrected chi connectivity index (χ2v) is 12.5. The lowest BCUT2D eigenvalue weighted by atomic mass is 9.84. The van der Waals surface area contributed by atoms with Gasteiger partial charge in [-0.05, 0) is 58.7 Å². The van der Waals surface area contributed by atoms with Gasteiger partial charge in [-0.15, -0.1) is 0 Å². The molecule has 11 heteroatoms. The molecule has 4 aromatic carbocycles. The van der Waals surface area contributed by atoms with Crippen molar-refractivity contribution in [2.24, 2.45) is 0 Å². The minimum Gasteiger partial charge on any atom is -0.495 e. The molecule has 260 valence electrons. The van der Waals surface area contributed by atoms with Crippen molar-refractivity contribution in [1.29, 1.82) is 0 Å². The summed E-state index contributed by atoms with van der Waals surface area (Å²) in [7, 11) is 3.12. The quantitative estimate of drug-likeness (QED) is 0.116. The number of amides is 1. The second kappa shape index (κ2) is 18.1. The highest BCUT2D eigenvalue weighted by Crippen LogP contribution is 2.36. The standard InChI is InChI=1S/C38H41Cl2NO8/c1-44-33-15-9-27(19-31(33)39)24-48-35-21-41(38(42)43)22-36(49-25-28-10-16-34(45-2)32(40)20-28)37(35)29-11-13-30(14-12-29)47-18-6-17-46-23-26-7-4-3-5-8-26/h3-5,7-16,19-20,35-37H,6,17-18,21-25H2,1-2H3,(H,42,43)/t35-,36+,37-. The first-order chi connectivity index (χ1) is 23.8.